The number of nitrogens with zero attached hydrogens (tertiary/aromatic N) is 1. The van der Waals surface area contributed by atoms with Crippen molar-refractivity contribution in [2.24, 2.45) is 5.92 Å². The van der Waals surface area contributed by atoms with Crippen molar-refractivity contribution in [3.63, 3.8) is 0 Å². The van der Waals surface area contributed by atoms with Crippen LogP contribution in [0.25, 0.3) is 6.08 Å². The third kappa shape index (κ3) is 3.80. The average Bonchev–Trinajstić information content (AvgIpc) is 3.49. The molecule has 3 aliphatic heterocycles. The number of ketones is 2. The molecule has 1 N–H and O–H groups in total. The number of halogens is 2. The number of fused-ring (bicyclic) bond motifs is 6. The summed E-state index contributed by atoms with van der Waals surface area (Å²) in [5.41, 5.74) is 2.36. The summed E-state index contributed by atoms with van der Waals surface area (Å²) in [6.07, 6.45) is 3.86. The molecule has 0 aliphatic carbocycles. The van der Waals surface area contributed by atoms with Crippen molar-refractivity contribution in [2.45, 2.75) is 17.5 Å². The van der Waals surface area contributed by atoms with Crippen LogP contribution in [0.1, 0.15) is 31.8 Å². The highest BCUT2D eigenvalue weighted by Gasteiger charge is 2.70. The molecule has 4 aromatic carbocycles. The first-order valence-electron chi connectivity index (χ1n) is 13.5. The number of para-hydroxylation sites is 1. The van der Waals surface area contributed by atoms with E-state index in [1.807, 2.05) is 53.5 Å². The normalized spacial score (nSPS) is 23.3. The molecular formula is C34H24BrClN2O4. The molecule has 3 aliphatic rings. The maximum atomic E-state index is 14.8. The predicted octanol–water partition coefficient (Wildman–Crippen LogP) is 6.97. The van der Waals surface area contributed by atoms with Gasteiger partial charge in [-0.25, -0.2) is 0 Å². The predicted molar refractivity (Wildman–Crippen MR) is 167 cm³/mol. The van der Waals surface area contributed by atoms with Crippen LogP contribution in [0.3, 0.4) is 0 Å². The number of rotatable bonds is 5. The zero-order valence-electron chi connectivity index (χ0n) is 22.4. The van der Waals surface area contributed by atoms with Crippen molar-refractivity contribution in [3.05, 3.63) is 129 Å². The molecule has 1 saturated heterocycles. The van der Waals surface area contributed by atoms with Crippen LogP contribution in [-0.4, -0.2) is 36.7 Å². The molecule has 3 heterocycles. The van der Waals surface area contributed by atoms with Gasteiger partial charge >= 0.3 is 0 Å². The molecule has 4 atom stereocenters. The largest absolute Gasteiger partial charge is 0.497 e. The van der Waals surface area contributed by atoms with Crippen LogP contribution in [0.4, 0.5) is 11.4 Å². The molecule has 0 radical (unpaired) electrons. The topological polar surface area (TPSA) is 75.7 Å². The van der Waals surface area contributed by atoms with E-state index in [2.05, 4.69) is 21.2 Å². The van der Waals surface area contributed by atoms with E-state index < -0.39 is 23.4 Å². The van der Waals surface area contributed by atoms with Gasteiger partial charge in [-0.1, -0.05) is 70.0 Å². The van der Waals surface area contributed by atoms with Gasteiger partial charge in [0.1, 0.15) is 17.2 Å². The van der Waals surface area contributed by atoms with Crippen LogP contribution in [0.15, 0.2) is 102 Å². The van der Waals surface area contributed by atoms with Crippen molar-refractivity contribution in [3.8, 4) is 5.75 Å². The molecular weight excluding hydrogens is 616 g/mol. The van der Waals surface area contributed by atoms with E-state index in [1.165, 1.54) is 0 Å². The van der Waals surface area contributed by atoms with Crippen LogP contribution in [0.2, 0.25) is 5.02 Å². The molecule has 4 aromatic rings. The molecule has 0 saturated carbocycles. The molecule has 8 heteroatoms. The molecule has 7 rings (SSSR count). The van der Waals surface area contributed by atoms with Crippen LogP contribution in [0, 0.1) is 5.92 Å². The molecule has 6 nitrogen and oxygen atoms in total. The molecule has 1 fully saturated rings. The number of methoxy groups -OCH3 is 1. The molecule has 0 unspecified atom stereocenters. The lowest BCUT2D eigenvalue weighted by atomic mass is 9.64. The SMILES string of the molecule is COc1ccc(C(=O)[C@@H]2[C@H](C(=O)c3ccc(Br)cc3)N3c4ccc(Cl)cc4C=C[C@@H]3[C@]23C(=O)Nc2ccccc23)cc1. The van der Waals surface area contributed by atoms with Gasteiger partial charge in [0, 0.05) is 32.0 Å². The number of anilines is 2. The summed E-state index contributed by atoms with van der Waals surface area (Å²) in [7, 11) is 1.56. The number of benzene rings is 4. The number of amides is 1. The Kier molecular flexibility index (Phi) is 6.33. The summed E-state index contributed by atoms with van der Waals surface area (Å²) in [4.78, 5) is 45.9. The van der Waals surface area contributed by atoms with Gasteiger partial charge in [0.15, 0.2) is 11.6 Å². The van der Waals surface area contributed by atoms with Gasteiger partial charge in [0.25, 0.3) is 0 Å². The number of carbonyl (C=O) groups excluding carboxylic acids is 3. The Hall–Kier alpha value is -4.20. The first kappa shape index (κ1) is 26.7. The third-order valence-corrected chi connectivity index (χ3v) is 9.41. The lowest BCUT2D eigenvalue weighted by Gasteiger charge is -2.37. The maximum absolute atomic E-state index is 14.8. The molecule has 42 heavy (non-hydrogen) atoms. The number of carbonyl (C=O) groups is 3. The number of ether oxygens (including phenoxy) is 1. The van der Waals surface area contributed by atoms with Crippen LogP contribution in [-0.2, 0) is 10.2 Å². The first-order valence-corrected chi connectivity index (χ1v) is 14.7. The summed E-state index contributed by atoms with van der Waals surface area (Å²) in [5, 5.41) is 3.60. The van der Waals surface area contributed by atoms with Gasteiger partial charge in [-0.2, -0.15) is 0 Å². The van der Waals surface area contributed by atoms with Crippen molar-refractivity contribution in [1.82, 2.24) is 0 Å². The third-order valence-electron chi connectivity index (χ3n) is 8.65. The average molecular weight is 640 g/mol. The fraction of sp³-hybridized carbons (Fsp3) is 0.147. The lowest BCUT2D eigenvalue weighted by molar-refractivity contribution is -0.121. The van der Waals surface area contributed by atoms with Crippen LogP contribution < -0.4 is 15.0 Å². The lowest BCUT2D eigenvalue weighted by Crippen LogP contribution is -2.51. The second-order valence-electron chi connectivity index (χ2n) is 10.7. The minimum absolute atomic E-state index is 0.246. The minimum Gasteiger partial charge on any atom is -0.497 e. The maximum Gasteiger partial charge on any atom is 0.238 e. The fourth-order valence-electron chi connectivity index (χ4n) is 6.87. The Labute approximate surface area is 256 Å². The zero-order valence-corrected chi connectivity index (χ0v) is 24.7. The highest BCUT2D eigenvalue weighted by molar-refractivity contribution is 9.10. The summed E-state index contributed by atoms with van der Waals surface area (Å²) >= 11 is 9.82. The zero-order chi connectivity index (χ0) is 29.2. The van der Waals surface area contributed by atoms with E-state index in [0.717, 1.165) is 15.7 Å². The summed E-state index contributed by atoms with van der Waals surface area (Å²) < 4.78 is 6.15. The second kappa shape index (κ2) is 9.96. The Morgan fingerprint density at radius 2 is 1.62 bits per heavy atom. The number of hydrogen-bond acceptors (Lipinski definition) is 5. The molecule has 0 aromatic heterocycles. The van der Waals surface area contributed by atoms with E-state index in [-0.39, 0.29) is 17.5 Å². The Morgan fingerprint density at radius 1 is 0.929 bits per heavy atom. The van der Waals surface area contributed by atoms with Gasteiger partial charge in [-0.15, -0.1) is 0 Å². The van der Waals surface area contributed by atoms with E-state index in [4.69, 9.17) is 16.3 Å². The standard InChI is InChI=1S/C34H24BrClN2O4/c1-42-24-14-8-19(9-15-24)31(39)29-30(32(40)20-6-11-22(35)12-7-20)38-27-16-13-23(36)18-21(27)10-17-28(38)34(29)25-4-2-3-5-26(25)37-33(34)41/h2-18,28-30H,1H3,(H,37,41)/t28-,29+,30-,34+/m1/s1. The Balaban J connectivity index is 1.52. The van der Waals surface area contributed by atoms with E-state index in [9.17, 15) is 14.4 Å². The van der Waals surface area contributed by atoms with Gasteiger partial charge in [-0.3, -0.25) is 14.4 Å². The van der Waals surface area contributed by atoms with E-state index in [1.54, 1.807) is 61.7 Å². The van der Waals surface area contributed by atoms with E-state index in [0.29, 0.717) is 33.1 Å². The number of hydrogen-bond donors (Lipinski definition) is 1. The van der Waals surface area contributed by atoms with Crippen molar-refractivity contribution < 1.29 is 19.1 Å². The second-order valence-corrected chi connectivity index (χ2v) is 12.0. The number of nitrogens with one attached hydrogen (secondary N) is 1. The molecule has 0 bridgehead atoms. The smallest absolute Gasteiger partial charge is 0.238 e. The van der Waals surface area contributed by atoms with Crippen LogP contribution >= 0.6 is 27.5 Å². The van der Waals surface area contributed by atoms with Gasteiger partial charge in [-0.05, 0) is 71.8 Å². The molecule has 208 valence electrons. The number of Topliss-reactive ketones (excluding diaryl/α,β-unsaturated/α-hetero) is 2. The summed E-state index contributed by atoms with van der Waals surface area (Å²) in [6, 6.07) is 25.2. The quantitative estimate of drug-likeness (QED) is 0.239. The Bertz CT molecular complexity index is 1800. The van der Waals surface area contributed by atoms with Crippen molar-refractivity contribution in [2.75, 3.05) is 17.3 Å². The highest BCUT2D eigenvalue weighted by atomic mass is 79.9. The minimum atomic E-state index is -1.38. The summed E-state index contributed by atoms with van der Waals surface area (Å²) in [6.45, 7) is 0. The molecule has 1 amide bonds. The van der Waals surface area contributed by atoms with Gasteiger partial charge < -0.3 is 15.0 Å². The summed E-state index contributed by atoms with van der Waals surface area (Å²) in [5.74, 6) is -1.30. The van der Waals surface area contributed by atoms with Crippen molar-refractivity contribution in [1.29, 1.82) is 0 Å². The highest BCUT2D eigenvalue weighted by Crippen LogP contribution is 2.58. The Morgan fingerprint density at radius 3 is 2.36 bits per heavy atom. The fourth-order valence-corrected chi connectivity index (χ4v) is 7.31. The van der Waals surface area contributed by atoms with E-state index >= 15 is 0 Å². The van der Waals surface area contributed by atoms with Crippen LogP contribution in [0.5, 0.6) is 5.75 Å². The first-order chi connectivity index (χ1) is 20.3. The van der Waals surface area contributed by atoms with Crippen molar-refractivity contribution >= 4 is 62.5 Å². The monoisotopic (exact) mass is 638 g/mol. The van der Waals surface area contributed by atoms with Gasteiger partial charge in [0.2, 0.25) is 5.91 Å². The van der Waals surface area contributed by atoms with Gasteiger partial charge in [0.05, 0.1) is 19.1 Å². The molecule has 1 spiro atoms.